The van der Waals surface area contributed by atoms with Gasteiger partial charge in [0.2, 0.25) is 0 Å². The minimum atomic E-state index is -0.916. The van der Waals surface area contributed by atoms with Crippen LogP contribution in [0, 0.1) is 6.92 Å². The summed E-state index contributed by atoms with van der Waals surface area (Å²) >= 11 is 0. The standard InChI is InChI=1S/C10H16N2O3/c1-7-5-8(15-11-7)6-12(4)10(2,3)9(13)14/h5H,6H2,1-4H3,(H,13,14). The third-order valence-electron chi connectivity index (χ3n) is 2.55. The minimum Gasteiger partial charge on any atom is -0.480 e. The molecule has 0 fully saturated rings. The molecule has 15 heavy (non-hydrogen) atoms. The van der Waals surface area contributed by atoms with Crippen molar-refractivity contribution >= 4 is 5.97 Å². The molecule has 5 nitrogen and oxygen atoms in total. The molecule has 1 N–H and O–H groups in total. The first-order valence-electron chi connectivity index (χ1n) is 4.71. The van der Waals surface area contributed by atoms with Gasteiger partial charge in [0.1, 0.15) is 5.54 Å². The number of rotatable bonds is 4. The molecule has 0 spiro atoms. The molecule has 0 saturated carbocycles. The number of nitrogens with zero attached hydrogens (tertiary/aromatic N) is 2. The number of likely N-dealkylation sites (N-methyl/N-ethyl adjacent to an activating group) is 1. The summed E-state index contributed by atoms with van der Waals surface area (Å²) in [4.78, 5) is 12.7. The zero-order valence-corrected chi connectivity index (χ0v) is 9.44. The fraction of sp³-hybridized carbons (Fsp3) is 0.600. The van der Waals surface area contributed by atoms with Crippen molar-refractivity contribution in [1.29, 1.82) is 0 Å². The second-order valence-electron chi connectivity index (χ2n) is 4.15. The maximum absolute atomic E-state index is 11.0. The van der Waals surface area contributed by atoms with Crippen LogP contribution in [0.3, 0.4) is 0 Å². The lowest BCUT2D eigenvalue weighted by atomic mass is 10.0. The number of aromatic nitrogens is 1. The normalized spacial score (nSPS) is 12.1. The molecule has 5 heteroatoms. The van der Waals surface area contributed by atoms with Crippen molar-refractivity contribution in [2.75, 3.05) is 7.05 Å². The summed E-state index contributed by atoms with van der Waals surface area (Å²) in [5, 5.41) is 12.8. The van der Waals surface area contributed by atoms with Crippen LogP contribution in [0.25, 0.3) is 0 Å². The second-order valence-corrected chi connectivity index (χ2v) is 4.15. The van der Waals surface area contributed by atoms with E-state index < -0.39 is 11.5 Å². The van der Waals surface area contributed by atoms with Gasteiger partial charge in [0.15, 0.2) is 5.76 Å². The molecule has 1 aromatic heterocycles. The Hall–Kier alpha value is -1.36. The molecule has 0 aliphatic carbocycles. The molecule has 0 bridgehead atoms. The molecule has 0 atom stereocenters. The first-order chi connectivity index (χ1) is 6.84. The average molecular weight is 212 g/mol. The monoisotopic (exact) mass is 212 g/mol. The topological polar surface area (TPSA) is 66.6 Å². The van der Waals surface area contributed by atoms with Crippen molar-refractivity contribution in [3.63, 3.8) is 0 Å². The molecule has 0 aromatic carbocycles. The summed E-state index contributed by atoms with van der Waals surface area (Å²) in [7, 11) is 1.74. The smallest absolute Gasteiger partial charge is 0.323 e. The van der Waals surface area contributed by atoms with Crippen LogP contribution >= 0.6 is 0 Å². The van der Waals surface area contributed by atoms with E-state index >= 15 is 0 Å². The predicted molar refractivity (Wildman–Crippen MR) is 54.4 cm³/mol. The lowest BCUT2D eigenvalue weighted by molar-refractivity contribution is -0.148. The van der Waals surface area contributed by atoms with Crippen LogP contribution in [-0.4, -0.2) is 33.7 Å². The van der Waals surface area contributed by atoms with Gasteiger partial charge < -0.3 is 9.63 Å². The van der Waals surface area contributed by atoms with Crippen molar-refractivity contribution < 1.29 is 14.4 Å². The van der Waals surface area contributed by atoms with Crippen LogP contribution in [0.2, 0.25) is 0 Å². The summed E-state index contributed by atoms with van der Waals surface area (Å²) in [6.45, 7) is 5.56. The van der Waals surface area contributed by atoms with Gasteiger partial charge in [-0.25, -0.2) is 0 Å². The van der Waals surface area contributed by atoms with Crippen molar-refractivity contribution in [1.82, 2.24) is 10.1 Å². The summed E-state index contributed by atoms with van der Waals surface area (Å²) < 4.78 is 5.03. The largest absolute Gasteiger partial charge is 0.480 e. The zero-order chi connectivity index (χ0) is 11.6. The van der Waals surface area contributed by atoms with Crippen molar-refractivity contribution in [2.24, 2.45) is 0 Å². The van der Waals surface area contributed by atoms with Gasteiger partial charge in [-0.05, 0) is 27.8 Å². The van der Waals surface area contributed by atoms with E-state index in [1.54, 1.807) is 31.9 Å². The minimum absolute atomic E-state index is 0.431. The highest BCUT2D eigenvalue weighted by Gasteiger charge is 2.32. The Morgan fingerprint density at radius 2 is 2.27 bits per heavy atom. The Morgan fingerprint density at radius 3 is 2.67 bits per heavy atom. The number of hydrogen-bond acceptors (Lipinski definition) is 4. The van der Waals surface area contributed by atoms with Crippen molar-refractivity contribution in [3.8, 4) is 0 Å². The molecule has 0 aliphatic rings. The van der Waals surface area contributed by atoms with Crippen LogP contribution in [0.1, 0.15) is 25.3 Å². The summed E-state index contributed by atoms with van der Waals surface area (Å²) in [5.41, 5.74) is -0.118. The van der Waals surface area contributed by atoms with Gasteiger partial charge in [-0.15, -0.1) is 0 Å². The van der Waals surface area contributed by atoms with E-state index in [0.29, 0.717) is 12.3 Å². The average Bonchev–Trinajstić information content (AvgIpc) is 2.50. The molecule has 0 saturated heterocycles. The number of carboxylic acid groups (broad SMARTS) is 1. The number of carboxylic acids is 1. The molecule has 0 unspecified atom stereocenters. The van der Waals surface area contributed by atoms with Crippen LogP contribution < -0.4 is 0 Å². The molecule has 1 heterocycles. The third-order valence-corrected chi connectivity index (χ3v) is 2.55. The fourth-order valence-corrected chi connectivity index (χ4v) is 1.09. The van der Waals surface area contributed by atoms with E-state index in [0.717, 1.165) is 5.69 Å². The van der Waals surface area contributed by atoms with Crippen LogP contribution in [0.15, 0.2) is 10.6 Å². The summed E-state index contributed by atoms with van der Waals surface area (Å²) in [6.07, 6.45) is 0. The van der Waals surface area contributed by atoms with Crippen LogP contribution in [0.5, 0.6) is 0 Å². The molecule has 84 valence electrons. The highest BCUT2D eigenvalue weighted by Crippen LogP contribution is 2.16. The lowest BCUT2D eigenvalue weighted by Crippen LogP contribution is -2.47. The number of aryl methyl sites for hydroxylation is 1. The Labute approximate surface area is 88.7 Å². The quantitative estimate of drug-likeness (QED) is 0.814. The van der Waals surface area contributed by atoms with Crippen LogP contribution in [0.4, 0.5) is 0 Å². The van der Waals surface area contributed by atoms with Gasteiger partial charge in [0.05, 0.1) is 12.2 Å². The first-order valence-corrected chi connectivity index (χ1v) is 4.71. The molecule has 0 radical (unpaired) electrons. The van der Waals surface area contributed by atoms with E-state index in [1.165, 1.54) is 0 Å². The number of carbonyl (C=O) groups is 1. The van der Waals surface area contributed by atoms with Gasteiger partial charge in [-0.1, -0.05) is 5.16 Å². The molecule has 1 aromatic rings. The maximum atomic E-state index is 11.0. The predicted octanol–water partition coefficient (Wildman–Crippen LogP) is 1.28. The Bertz CT molecular complexity index is 357. The second kappa shape index (κ2) is 4.02. The van der Waals surface area contributed by atoms with Gasteiger partial charge >= 0.3 is 5.97 Å². The lowest BCUT2D eigenvalue weighted by Gasteiger charge is -2.30. The summed E-state index contributed by atoms with van der Waals surface area (Å²) in [5.74, 6) is -0.189. The first kappa shape index (κ1) is 11.7. The fourth-order valence-electron chi connectivity index (χ4n) is 1.09. The Morgan fingerprint density at radius 1 is 1.67 bits per heavy atom. The number of aliphatic carboxylic acids is 1. The zero-order valence-electron chi connectivity index (χ0n) is 9.44. The highest BCUT2D eigenvalue weighted by atomic mass is 16.5. The van der Waals surface area contributed by atoms with E-state index in [4.69, 9.17) is 9.63 Å². The van der Waals surface area contributed by atoms with E-state index in [1.807, 2.05) is 6.92 Å². The van der Waals surface area contributed by atoms with Gasteiger partial charge in [-0.2, -0.15) is 0 Å². The Kier molecular flexibility index (Phi) is 3.14. The van der Waals surface area contributed by atoms with Gasteiger partial charge in [-0.3, -0.25) is 9.69 Å². The molecule has 0 amide bonds. The van der Waals surface area contributed by atoms with E-state index in [9.17, 15) is 4.79 Å². The van der Waals surface area contributed by atoms with E-state index in [2.05, 4.69) is 5.16 Å². The number of hydrogen-bond donors (Lipinski definition) is 1. The molecule has 0 aliphatic heterocycles. The highest BCUT2D eigenvalue weighted by molar-refractivity contribution is 5.77. The Balaban J connectivity index is 2.71. The van der Waals surface area contributed by atoms with Crippen molar-refractivity contribution in [3.05, 3.63) is 17.5 Å². The summed E-state index contributed by atoms with van der Waals surface area (Å²) in [6, 6.07) is 1.80. The van der Waals surface area contributed by atoms with Crippen LogP contribution in [-0.2, 0) is 11.3 Å². The molecule has 1 rings (SSSR count). The van der Waals surface area contributed by atoms with Crippen molar-refractivity contribution in [2.45, 2.75) is 32.9 Å². The van der Waals surface area contributed by atoms with E-state index in [-0.39, 0.29) is 0 Å². The van der Waals surface area contributed by atoms with Gasteiger partial charge in [0, 0.05) is 6.07 Å². The maximum Gasteiger partial charge on any atom is 0.323 e. The SMILES string of the molecule is Cc1cc(CN(C)C(C)(C)C(=O)O)on1. The molecular weight excluding hydrogens is 196 g/mol. The molecular formula is C10H16N2O3. The third kappa shape index (κ3) is 2.56. The van der Waals surface area contributed by atoms with Gasteiger partial charge in [0.25, 0.3) is 0 Å².